The first-order valence-corrected chi connectivity index (χ1v) is 5.79. The van der Waals surface area contributed by atoms with E-state index < -0.39 is 0 Å². The van der Waals surface area contributed by atoms with E-state index in [-0.39, 0.29) is 5.91 Å². The number of ether oxygens (including phenoxy) is 1. The molecule has 0 atom stereocenters. The second kappa shape index (κ2) is 5.43. The van der Waals surface area contributed by atoms with E-state index in [1.807, 2.05) is 0 Å². The Kier molecular flexibility index (Phi) is 3.70. The zero-order valence-electron chi connectivity index (χ0n) is 10.9. The summed E-state index contributed by atoms with van der Waals surface area (Å²) in [5.41, 5.74) is 6.68. The third-order valence-corrected chi connectivity index (χ3v) is 2.78. The van der Waals surface area contributed by atoms with Crippen LogP contribution in [-0.4, -0.2) is 34.9 Å². The van der Waals surface area contributed by atoms with E-state index in [0.29, 0.717) is 23.5 Å². The maximum Gasteiger partial charge on any atom is 0.256 e. The number of H-pyrrole nitrogens is 1. The van der Waals surface area contributed by atoms with E-state index in [9.17, 15) is 4.79 Å². The van der Waals surface area contributed by atoms with Gasteiger partial charge in [-0.05, 0) is 18.2 Å². The van der Waals surface area contributed by atoms with Gasteiger partial charge in [0, 0.05) is 25.1 Å². The van der Waals surface area contributed by atoms with Crippen LogP contribution in [0.15, 0.2) is 30.6 Å². The molecule has 0 aliphatic rings. The molecule has 2 rings (SSSR count). The van der Waals surface area contributed by atoms with Crippen LogP contribution in [0.1, 0.15) is 16.2 Å². The normalized spacial score (nSPS) is 10.2. The zero-order valence-corrected chi connectivity index (χ0v) is 10.9. The molecule has 0 saturated carbocycles. The summed E-state index contributed by atoms with van der Waals surface area (Å²) in [5.74, 6) is 1.15. The minimum Gasteiger partial charge on any atom is -0.497 e. The molecular formula is C13H16N4O2. The fourth-order valence-corrected chi connectivity index (χ4v) is 1.73. The van der Waals surface area contributed by atoms with Crippen LogP contribution >= 0.6 is 0 Å². The zero-order chi connectivity index (χ0) is 13.8. The van der Waals surface area contributed by atoms with Crippen LogP contribution in [-0.2, 0) is 6.54 Å². The molecule has 0 spiro atoms. The van der Waals surface area contributed by atoms with E-state index in [1.165, 1.54) is 0 Å². The number of nitrogen functional groups attached to an aromatic ring is 1. The molecule has 1 aromatic heterocycles. The van der Waals surface area contributed by atoms with E-state index in [4.69, 9.17) is 10.5 Å². The predicted octanol–water partition coefficient (Wildman–Crippen LogP) is 1.27. The number of carbonyl (C=O) groups excluding carboxylic acids is 1. The molecule has 0 aliphatic carbocycles. The highest BCUT2D eigenvalue weighted by atomic mass is 16.5. The molecule has 0 aliphatic heterocycles. The van der Waals surface area contributed by atoms with E-state index in [0.717, 1.165) is 5.82 Å². The molecule has 3 N–H and O–H groups in total. The molecule has 0 unspecified atom stereocenters. The number of aromatic nitrogens is 2. The van der Waals surface area contributed by atoms with E-state index in [2.05, 4.69) is 9.97 Å². The standard InChI is InChI=1S/C13H16N4O2/c1-17(8-12-15-5-6-16-12)13(18)10-7-9(19-2)3-4-11(10)14/h3-7H,8,14H2,1-2H3,(H,15,16). The number of nitrogens with one attached hydrogen (secondary N) is 1. The highest BCUT2D eigenvalue weighted by Gasteiger charge is 2.16. The Morgan fingerprint density at radius 2 is 2.32 bits per heavy atom. The van der Waals surface area contributed by atoms with Gasteiger partial charge in [0.1, 0.15) is 11.6 Å². The van der Waals surface area contributed by atoms with Crippen molar-refractivity contribution in [3.8, 4) is 5.75 Å². The number of nitrogens with two attached hydrogens (primary N) is 1. The molecule has 0 fully saturated rings. The topological polar surface area (TPSA) is 84.2 Å². The average molecular weight is 260 g/mol. The number of aromatic amines is 1. The van der Waals surface area contributed by atoms with Crippen LogP contribution < -0.4 is 10.5 Å². The summed E-state index contributed by atoms with van der Waals surface area (Å²) in [4.78, 5) is 20.9. The number of methoxy groups -OCH3 is 1. The minimum absolute atomic E-state index is 0.173. The van der Waals surface area contributed by atoms with Gasteiger partial charge in [-0.15, -0.1) is 0 Å². The number of imidazole rings is 1. The third-order valence-electron chi connectivity index (χ3n) is 2.78. The van der Waals surface area contributed by atoms with Gasteiger partial charge in [-0.2, -0.15) is 0 Å². The minimum atomic E-state index is -0.173. The Balaban J connectivity index is 2.18. The molecule has 0 bridgehead atoms. The SMILES string of the molecule is COc1ccc(N)c(C(=O)N(C)Cc2ncc[nH]2)c1. The van der Waals surface area contributed by atoms with Crippen LogP contribution in [0, 0.1) is 0 Å². The highest BCUT2D eigenvalue weighted by molar-refractivity contribution is 5.99. The average Bonchev–Trinajstić information content (AvgIpc) is 2.91. The lowest BCUT2D eigenvalue weighted by Crippen LogP contribution is -2.27. The van der Waals surface area contributed by atoms with Crippen molar-refractivity contribution >= 4 is 11.6 Å². The number of benzene rings is 1. The van der Waals surface area contributed by atoms with Gasteiger partial charge in [0.15, 0.2) is 0 Å². The molecule has 2 aromatic rings. The monoisotopic (exact) mass is 260 g/mol. The molecule has 0 radical (unpaired) electrons. The summed E-state index contributed by atoms with van der Waals surface area (Å²) in [6, 6.07) is 5.02. The first kappa shape index (κ1) is 12.9. The number of carbonyl (C=O) groups is 1. The summed E-state index contributed by atoms with van der Waals surface area (Å²) in [6.45, 7) is 0.391. The Bertz CT molecular complexity index is 566. The van der Waals surface area contributed by atoms with Gasteiger partial charge in [-0.1, -0.05) is 0 Å². The van der Waals surface area contributed by atoms with Crippen LogP contribution in [0.4, 0.5) is 5.69 Å². The second-order valence-electron chi connectivity index (χ2n) is 4.15. The number of amides is 1. The molecule has 6 heteroatoms. The molecule has 1 aromatic carbocycles. The maximum atomic E-state index is 12.3. The maximum absolute atomic E-state index is 12.3. The number of rotatable bonds is 4. The molecule has 6 nitrogen and oxygen atoms in total. The Morgan fingerprint density at radius 1 is 1.53 bits per heavy atom. The predicted molar refractivity (Wildman–Crippen MR) is 71.8 cm³/mol. The first-order valence-electron chi connectivity index (χ1n) is 5.79. The van der Waals surface area contributed by atoms with Gasteiger partial charge in [-0.25, -0.2) is 4.98 Å². The lowest BCUT2D eigenvalue weighted by atomic mass is 10.1. The summed E-state index contributed by atoms with van der Waals surface area (Å²) < 4.78 is 5.10. The smallest absolute Gasteiger partial charge is 0.256 e. The Morgan fingerprint density at radius 3 is 2.95 bits per heavy atom. The van der Waals surface area contributed by atoms with Crippen LogP contribution in [0.5, 0.6) is 5.75 Å². The number of hydrogen-bond donors (Lipinski definition) is 2. The van der Waals surface area contributed by atoms with Crippen LogP contribution in [0.25, 0.3) is 0 Å². The second-order valence-corrected chi connectivity index (χ2v) is 4.15. The third kappa shape index (κ3) is 2.85. The van der Waals surface area contributed by atoms with Crippen LogP contribution in [0.2, 0.25) is 0 Å². The summed E-state index contributed by atoms with van der Waals surface area (Å²) in [5, 5.41) is 0. The fourth-order valence-electron chi connectivity index (χ4n) is 1.73. The lowest BCUT2D eigenvalue weighted by Gasteiger charge is -2.17. The van der Waals surface area contributed by atoms with Crippen LogP contribution in [0.3, 0.4) is 0 Å². The van der Waals surface area contributed by atoms with Crippen molar-refractivity contribution in [3.63, 3.8) is 0 Å². The molecule has 100 valence electrons. The van der Waals surface area contributed by atoms with Crippen molar-refractivity contribution in [2.75, 3.05) is 19.9 Å². The summed E-state index contributed by atoms with van der Waals surface area (Å²) in [6.07, 6.45) is 3.36. The lowest BCUT2D eigenvalue weighted by molar-refractivity contribution is 0.0782. The largest absolute Gasteiger partial charge is 0.497 e. The summed E-state index contributed by atoms with van der Waals surface area (Å²) in [7, 11) is 3.25. The molecule has 19 heavy (non-hydrogen) atoms. The molecular weight excluding hydrogens is 244 g/mol. The van der Waals surface area contributed by atoms with Gasteiger partial charge in [-0.3, -0.25) is 4.79 Å². The van der Waals surface area contributed by atoms with E-state index >= 15 is 0 Å². The number of anilines is 1. The Hall–Kier alpha value is -2.50. The quantitative estimate of drug-likeness (QED) is 0.811. The first-order chi connectivity index (χ1) is 9.11. The number of hydrogen-bond acceptors (Lipinski definition) is 4. The van der Waals surface area contributed by atoms with E-state index in [1.54, 1.807) is 49.7 Å². The van der Waals surface area contributed by atoms with Gasteiger partial charge in [0.05, 0.1) is 19.2 Å². The van der Waals surface area contributed by atoms with Crippen molar-refractivity contribution in [1.82, 2.24) is 14.9 Å². The molecule has 0 saturated heterocycles. The Labute approximate surface area is 111 Å². The van der Waals surface area contributed by atoms with Crippen molar-refractivity contribution in [3.05, 3.63) is 42.0 Å². The van der Waals surface area contributed by atoms with Gasteiger partial charge in [0.25, 0.3) is 5.91 Å². The summed E-state index contributed by atoms with van der Waals surface area (Å²) >= 11 is 0. The molecule has 1 heterocycles. The van der Waals surface area contributed by atoms with Gasteiger partial charge < -0.3 is 20.4 Å². The van der Waals surface area contributed by atoms with Crippen molar-refractivity contribution in [1.29, 1.82) is 0 Å². The van der Waals surface area contributed by atoms with Gasteiger partial charge >= 0.3 is 0 Å². The van der Waals surface area contributed by atoms with Crippen molar-refractivity contribution in [2.24, 2.45) is 0 Å². The van der Waals surface area contributed by atoms with Gasteiger partial charge in [0.2, 0.25) is 0 Å². The van der Waals surface area contributed by atoms with Crippen molar-refractivity contribution < 1.29 is 9.53 Å². The fraction of sp³-hybridized carbons (Fsp3) is 0.231. The number of nitrogens with zero attached hydrogens (tertiary/aromatic N) is 2. The highest BCUT2D eigenvalue weighted by Crippen LogP contribution is 2.21. The van der Waals surface area contributed by atoms with Crippen molar-refractivity contribution in [2.45, 2.75) is 6.54 Å². The molecule has 1 amide bonds.